The summed E-state index contributed by atoms with van der Waals surface area (Å²) in [5, 5.41) is 15.0. The van der Waals surface area contributed by atoms with Gasteiger partial charge in [0.1, 0.15) is 6.33 Å². The van der Waals surface area contributed by atoms with Crippen molar-refractivity contribution >= 4 is 29.1 Å². The highest BCUT2D eigenvalue weighted by molar-refractivity contribution is 6.01. The van der Waals surface area contributed by atoms with Gasteiger partial charge in [-0.2, -0.15) is 0 Å². The van der Waals surface area contributed by atoms with E-state index in [4.69, 9.17) is 0 Å². The lowest BCUT2D eigenvalue weighted by Crippen LogP contribution is -2.32. The van der Waals surface area contributed by atoms with Gasteiger partial charge in [-0.15, -0.1) is 0 Å². The summed E-state index contributed by atoms with van der Waals surface area (Å²) in [5.41, 5.74) is 3.03. The lowest BCUT2D eigenvalue weighted by molar-refractivity contribution is -0.138. The molecule has 0 saturated heterocycles. The maximum atomic E-state index is 12.7. The van der Waals surface area contributed by atoms with E-state index in [1.807, 2.05) is 18.2 Å². The van der Waals surface area contributed by atoms with Crippen LogP contribution in [0.5, 0.6) is 0 Å². The Morgan fingerprint density at radius 3 is 2.29 bits per heavy atom. The molecule has 0 spiro atoms. The van der Waals surface area contributed by atoms with E-state index in [-0.39, 0.29) is 11.8 Å². The molecule has 1 aliphatic rings. The van der Waals surface area contributed by atoms with Crippen molar-refractivity contribution in [1.29, 1.82) is 0 Å². The second-order valence-electron chi connectivity index (χ2n) is 8.96. The van der Waals surface area contributed by atoms with E-state index in [1.165, 1.54) is 18.7 Å². The molecule has 31 heavy (non-hydrogen) atoms. The molecule has 1 aromatic carbocycles. The molecule has 8 heteroatoms. The Morgan fingerprint density at radius 2 is 1.74 bits per heavy atom. The van der Waals surface area contributed by atoms with Crippen LogP contribution in [0.4, 0.5) is 21.9 Å². The van der Waals surface area contributed by atoms with E-state index >= 15 is 0 Å². The average molecular weight is 426 g/mol. The Kier molecular flexibility index (Phi) is 7.09. The van der Waals surface area contributed by atoms with Crippen molar-refractivity contribution in [3.63, 3.8) is 0 Å². The number of urea groups is 1. The van der Waals surface area contributed by atoms with E-state index in [9.17, 15) is 14.7 Å². The van der Waals surface area contributed by atoms with Crippen LogP contribution in [-0.2, 0) is 4.79 Å². The molecule has 3 rings (SSSR count). The summed E-state index contributed by atoms with van der Waals surface area (Å²) in [6, 6.07) is 5.51. The maximum Gasteiger partial charge on any atom is 0.323 e. The van der Waals surface area contributed by atoms with Gasteiger partial charge in [0.25, 0.3) is 0 Å². The SMILES string of the molecule is CC(C)CN(CC(C)C)c1ccc(C2C[C@H]2C(=O)O)cc1NC(=O)Nc1cncnc1. The van der Waals surface area contributed by atoms with Crippen molar-refractivity contribution in [1.82, 2.24) is 9.97 Å². The van der Waals surface area contributed by atoms with Crippen LogP contribution in [0.25, 0.3) is 0 Å². The summed E-state index contributed by atoms with van der Waals surface area (Å²) in [4.78, 5) is 34.1. The number of carbonyl (C=O) groups excluding carboxylic acids is 1. The lowest BCUT2D eigenvalue weighted by Gasteiger charge is -2.30. The van der Waals surface area contributed by atoms with Crippen molar-refractivity contribution in [3.8, 4) is 0 Å². The largest absolute Gasteiger partial charge is 0.481 e. The first-order valence-electron chi connectivity index (χ1n) is 10.7. The van der Waals surface area contributed by atoms with Gasteiger partial charge < -0.3 is 20.6 Å². The van der Waals surface area contributed by atoms with Crippen LogP contribution in [0.1, 0.15) is 45.6 Å². The Labute approximate surface area is 183 Å². The summed E-state index contributed by atoms with van der Waals surface area (Å²) in [5.74, 6) is -0.243. The van der Waals surface area contributed by atoms with Gasteiger partial charge in [-0.3, -0.25) is 4.79 Å². The van der Waals surface area contributed by atoms with Crippen LogP contribution in [-0.4, -0.2) is 40.2 Å². The minimum atomic E-state index is -0.772. The molecule has 1 heterocycles. The highest BCUT2D eigenvalue weighted by atomic mass is 16.4. The van der Waals surface area contributed by atoms with Gasteiger partial charge in [0, 0.05) is 13.1 Å². The molecule has 3 N–H and O–H groups in total. The fourth-order valence-corrected chi connectivity index (χ4v) is 3.80. The molecule has 0 bridgehead atoms. The smallest absolute Gasteiger partial charge is 0.323 e. The van der Waals surface area contributed by atoms with Crippen molar-refractivity contribution in [3.05, 3.63) is 42.5 Å². The quantitative estimate of drug-likeness (QED) is 0.549. The summed E-state index contributed by atoms with van der Waals surface area (Å²) < 4.78 is 0. The number of aromatic nitrogens is 2. The zero-order valence-corrected chi connectivity index (χ0v) is 18.5. The predicted octanol–water partition coefficient (Wildman–Crippen LogP) is 4.43. The fourth-order valence-electron chi connectivity index (χ4n) is 3.80. The van der Waals surface area contributed by atoms with Gasteiger partial charge in [0.15, 0.2) is 0 Å². The molecule has 1 fully saturated rings. The highest BCUT2D eigenvalue weighted by Gasteiger charge is 2.44. The minimum Gasteiger partial charge on any atom is -0.481 e. The van der Waals surface area contributed by atoms with E-state index in [0.29, 0.717) is 29.6 Å². The molecule has 8 nitrogen and oxygen atoms in total. The Bertz CT molecular complexity index is 907. The third-order valence-corrected chi connectivity index (χ3v) is 5.13. The monoisotopic (exact) mass is 425 g/mol. The number of amides is 2. The third-order valence-electron chi connectivity index (χ3n) is 5.13. The van der Waals surface area contributed by atoms with Crippen molar-refractivity contribution in [2.75, 3.05) is 28.6 Å². The number of nitrogens with one attached hydrogen (secondary N) is 2. The maximum absolute atomic E-state index is 12.7. The zero-order chi connectivity index (χ0) is 22.5. The molecule has 166 valence electrons. The van der Waals surface area contributed by atoms with Crippen LogP contribution >= 0.6 is 0 Å². The number of hydrogen-bond donors (Lipinski definition) is 3. The Morgan fingerprint density at radius 1 is 1.10 bits per heavy atom. The van der Waals surface area contributed by atoms with E-state index < -0.39 is 12.0 Å². The second kappa shape index (κ2) is 9.76. The summed E-state index contributed by atoms with van der Waals surface area (Å²) >= 11 is 0. The number of benzene rings is 1. The third kappa shape index (κ3) is 6.16. The van der Waals surface area contributed by atoms with Gasteiger partial charge in [0.2, 0.25) is 0 Å². The van der Waals surface area contributed by atoms with Crippen LogP contribution in [0.3, 0.4) is 0 Å². The van der Waals surface area contributed by atoms with E-state index in [2.05, 4.69) is 53.2 Å². The number of anilines is 3. The molecule has 1 saturated carbocycles. The average Bonchev–Trinajstić information content (AvgIpc) is 3.48. The number of rotatable bonds is 9. The first-order valence-corrected chi connectivity index (χ1v) is 10.7. The van der Waals surface area contributed by atoms with Gasteiger partial charge in [0.05, 0.1) is 35.4 Å². The van der Waals surface area contributed by atoms with Crippen LogP contribution < -0.4 is 15.5 Å². The first kappa shape index (κ1) is 22.5. The zero-order valence-electron chi connectivity index (χ0n) is 18.5. The molecule has 1 aromatic heterocycles. The number of aliphatic carboxylic acids is 1. The predicted molar refractivity (Wildman–Crippen MR) is 121 cm³/mol. The number of nitrogens with zero attached hydrogens (tertiary/aromatic N) is 3. The molecular weight excluding hydrogens is 394 g/mol. The Balaban J connectivity index is 1.89. The second-order valence-corrected chi connectivity index (χ2v) is 8.96. The number of carboxylic acids is 1. The van der Waals surface area contributed by atoms with Crippen molar-refractivity contribution in [2.24, 2.45) is 17.8 Å². The fraction of sp³-hybridized carbons (Fsp3) is 0.478. The molecule has 1 aliphatic carbocycles. The molecule has 2 atom stereocenters. The number of carboxylic acid groups (broad SMARTS) is 1. The minimum absolute atomic E-state index is 0.0127. The summed E-state index contributed by atoms with van der Waals surface area (Å²) in [7, 11) is 0. The Hall–Kier alpha value is -3.16. The van der Waals surface area contributed by atoms with Crippen molar-refractivity contribution in [2.45, 2.75) is 40.0 Å². The molecule has 2 amide bonds. The summed E-state index contributed by atoms with van der Waals surface area (Å²) in [6.07, 6.45) is 5.07. The van der Waals surface area contributed by atoms with Gasteiger partial charge >= 0.3 is 12.0 Å². The van der Waals surface area contributed by atoms with Gasteiger partial charge in [-0.25, -0.2) is 14.8 Å². The van der Waals surface area contributed by atoms with E-state index in [1.54, 1.807) is 0 Å². The standard InChI is InChI=1S/C23H31N5O3/c1-14(2)11-28(12-15(3)4)21-6-5-16(18-8-19(18)22(29)30)7-20(21)27-23(31)26-17-9-24-13-25-10-17/h5-7,9-10,13-15,18-19H,8,11-12H2,1-4H3,(H,29,30)(H2,26,27,31)/t18?,19-/m1/s1. The molecule has 2 aromatic rings. The van der Waals surface area contributed by atoms with Crippen LogP contribution in [0, 0.1) is 17.8 Å². The lowest BCUT2D eigenvalue weighted by atomic mass is 10.0. The number of hydrogen-bond acceptors (Lipinski definition) is 5. The normalized spacial score (nSPS) is 17.5. The molecule has 0 aliphatic heterocycles. The van der Waals surface area contributed by atoms with Crippen LogP contribution in [0.2, 0.25) is 0 Å². The molecular formula is C23H31N5O3. The van der Waals surface area contributed by atoms with Gasteiger partial charge in [-0.05, 0) is 41.9 Å². The van der Waals surface area contributed by atoms with Crippen molar-refractivity contribution < 1.29 is 14.7 Å². The topological polar surface area (TPSA) is 107 Å². The van der Waals surface area contributed by atoms with Gasteiger partial charge in [-0.1, -0.05) is 33.8 Å². The number of carbonyl (C=O) groups is 2. The molecule has 1 unspecified atom stereocenters. The molecule has 0 radical (unpaired) electrons. The van der Waals surface area contributed by atoms with E-state index in [0.717, 1.165) is 24.3 Å². The first-order chi connectivity index (χ1) is 14.7. The van der Waals surface area contributed by atoms with Crippen LogP contribution in [0.15, 0.2) is 36.9 Å². The summed E-state index contributed by atoms with van der Waals surface area (Å²) in [6.45, 7) is 10.4. The highest BCUT2D eigenvalue weighted by Crippen LogP contribution is 2.49.